The minimum atomic E-state index is -0.823. The zero-order valence-electron chi connectivity index (χ0n) is 10.2. The summed E-state index contributed by atoms with van der Waals surface area (Å²) in [6.45, 7) is 6.17. The lowest BCUT2D eigenvalue weighted by molar-refractivity contribution is -0.0481. The molecule has 1 aromatic heterocycles. The normalized spacial score (nSPS) is 28.2. The van der Waals surface area contributed by atoms with Crippen LogP contribution in [0, 0.1) is 12.3 Å². The molecule has 1 fully saturated rings. The van der Waals surface area contributed by atoms with Crippen molar-refractivity contribution in [3.05, 3.63) is 23.4 Å². The Morgan fingerprint density at radius 1 is 1.38 bits per heavy atom. The van der Waals surface area contributed by atoms with Gasteiger partial charge in [0.05, 0.1) is 5.60 Å². The number of nitrogens with zero attached hydrogens (tertiary/aromatic N) is 1. The van der Waals surface area contributed by atoms with Gasteiger partial charge in [0.15, 0.2) is 0 Å². The van der Waals surface area contributed by atoms with E-state index in [0.717, 1.165) is 30.4 Å². The lowest BCUT2D eigenvalue weighted by Gasteiger charge is -2.37. The summed E-state index contributed by atoms with van der Waals surface area (Å²) in [6.07, 6.45) is 4.58. The van der Waals surface area contributed by atoms with Gasteiger partial charge in [-0.05, 0) is 43.2 Å². The topological polar surface area (TPSA) is 59.1 Å². The van der Waals surface area contributed by atoms with Crippen LogP contribution >= 0.6 is 0 Å². The number of aromatic nitrogens is 1. The maximum atomic E-state index is 10.9. The van der Waals surface area contributed by atoms with Crippen molar-refractivity contribution in [1.29, 1.82) is 0 Å². The number of hydrogen-bond acceptors (Lipinski definition) is 3. The van der Waals surface area contributed by atoms with Gasteiger partial charge in [0.2, 0.25) is 0 Å². The van der Waals surface area contributed by atoms with Gasteiger partial charge >= 0.3 is 0 Å². The van der Waals surface area contributed by atoms with Gasteiger partial charge in [0, 0.05) is 11.8 Å². The molecule has 3 N–H and O–H groups in total. The van der Waals surface area contributed by atoms with Crippen molar-refractivity contribution < 1.29 is 5.11 Å². The van der Waals surface area contributed by atoms with Gasteiger partial charge in [-0.15, -0.1) is 0 Å². The first kappa shape index (κ1) is 11.4. The van der Waals surface area contributed by atoms with Crippen molar-refractivity contribution in [1.82, 2.24) is 4.98 Å². The molecular weight excluding hydrogens is 200 g/mol. The molecule has 1 unspecified atom stereocenters. The van der Waals surface area contributed by atoms with E-state index in [9.17, 15) is 5.11 Å². The second-order valence-electron chi connectivity index (χ2n) is 5.54. The number of anilines is 1. The van der Waals surface area contributed by atoms with Gasteiger partial charge in [-0.2, -0.15) is 0 Å². The Balaban J connectivity index is 2.55. The number of rotatable bonds is 1. The maximum Gasteiger partial charge on any atom is 0.129 e. The Bertz CT molecular complexity index is 414. The zero-order valence-corrected chi connectivity index (χ0v) is 10.2. The number of aliphatic hydroxyl groups is 1. The summed E-state index contributed by atoms with van der Waals surface area (Å²) in [7, 11) is 0. The molecule has 0 amide bonds. The summed E-state index contributed by atoms with van der Waals surface area (Å²) >= 11 is 0. The summed E-state index contributed by atoms with van der Waals surface area (Å²) in [5.74, 6) is 0.461. The summed E-state index contributed by atoms with van der Waals surface area (Å²) in [5.41, 5.74) is 6.80. The van der Waals surface area contributed by atoms with Crippen LogP contribution in [0.3, 0.4) is 0 Å². The molecule has 0 aromatic carbocycles. The molecule has 0 aliphatic heterocycles. The van der Waals surface area contributed by atoms with Crippen LogP contribution in [-0.4, -0.2) is 10.1 Å². The molecule has 2 rings (SSSR count). The smallest absolute Gasteiger partial charge is 0.129 e. The number of nitrogen functional groups attached to an aromatic ring is 1. The highest BCUT2D eigenvalue weighted by molar-refractivity contribution is 5.46. The van der Waals surface area contributed by atoms with Gasteiger partial charge in [-0.25, -0.2) is 4.98 Å². The standard InChI is InChI=1S/C13H20N2O/c1-9-7-10(11(14)15-8-9)13(16)6-4-5-12(13,2)3/h7-8,16H,4-6H2,1-3H3,(H2,14,15). The monoisotopic (exact) mass is 220 g/mol. The first-order valence-electron chi connectivity index (χ1n) is 5.82. The Morgan fingerprint density at radius 3 is 2.62 bits per heavy atom. The molecule has 1 heterocycles. The third kappa shape index (κ3) is 1.50. The third-order valence-corrected chi connectivity index (χ3v) is 3.96. The predicted molar refractivity (Wildman–Crippen MR) is 64.9 cm³/mol. The van der Waals surface area contributed by atoms with Gasteiger partial charge in [-0.1, -0.05) is 13.8 Å². The van der Waals surface area contributed by atoms with Crippen LogP contribution in [-0.2, 0) is 5.60 Å². The average Bonchev–Trinajstić information content (AvgIpc) is 2.46. The van der Waals surface area contributed by atoms with Gasteiger partial charge in [-0.3, -0.25) is 0 Å². The fourth-order valence-corrected chi connectivity index (χ4v) is 2.74. The molecule has 0 bridgehead atoms. The van der Waals surface area contributed by atoms with E-state index in [0.29, 0.717) is 5.82 Å². The third-order valence-electron chi connectivity index (χ3n) is 3.96. The van der Waals surface area contributed by atoms with E-state index in [1.165, 1.54) is 0 Å². The molecule has 0 radical (unpaired) electrons. The molecule has 1 aliphatic carbocycles. The fraction of sp³-hybridized carbons (Fsp3) is 0.615. The van der Waals surface area contributed by atoms with E-state index in [-0.39, 0.29) is 5.41 Å². The van der Waals surface area contributed by atoms with Crippen molar-refractivity contribution in [2.45, 2.75) is 45.6 Å². The van der Waals surface area contributed by atoms with Gasteiger partial charge in [0.25, 0.3) is 0 Å². The average molecular weight is 220 g/mol. The molecule has 88 valence electrons. The highest BCUT2D eigenvalue weighted by atomic mass is 16.3. The van der Waals surface area contributed by atoms with E-state index in [2.05, 4.69) is 18.8 Å². The Labute approximate surface area is 96.7 Å². The van der Waals surface area contributed by atoms with Crippen molar-refractivity contribution in [2.24, 2.45) is 5.41 Å². The fourth-order valence-electron chi connectivity index (χ4n) is 2.74. The van der Waals surface area contributed by atoms with Crippen LogP contribution in [0.15, 0.2) is 12.3 Å². The van der Waals surface area contributed by atoms with Crippen molar-refractivity contribution in [2.75, 3.05) is 5.73 Å². The zero-order chi connectivity index (χ0) is 12.0. The van der Waals surface area contributed by atoms with Crippen molar-refractivity contribution >= 4 is 5.82 Å². The summed E-state index contributed by atoms with van der Waals surface area (Å²) in [4.78, 5) is 4.15. The maximum absolute atomic E-state index is 10.9. The highest BCUT2D eigenvalue weighted by Crippen LogP contribution is 2.53. The van der Waals surface area contributed by atoms with Crippen LogP contribution in [0.25, 0.3) is 0 Å². The first-order valence-corrected chi connectivity index (χ1v) is 5.82. The molecule has 1 aliphatic rings. The minimum Gasteiger partial charge on any atom is -0.384 e. The minimum absolute atomic E-state index is 0.128. The molecule has 0 saturated heterocycles. The van der Waals surface area contributed by atoms with Crippen LogP contribution in [0.5, 0.6) is 0 Å². The van der Waals surface area contributed by atoms with E-state index in [1.807, 2.05) is 13.0 Å². The molecule has 3 heteroatoms. The van der Waals surface area contributed by atoms with Crippen LogP contribution in [0.1, 0.15) is 44.2 Å². The Kier molecular flexibility index (Phi) is 2.46. The summed E-state index contributed by atoms with van der Waals surface area (Å²) < 4.78 is 0. The van der Waals surface area contributed by atoms with E-state index in [4.69, 9.17) is 5.73 Å². The second kappa shape index (κ2) is 3.45. The van der Waals surface area contributed by atoms with Gasteiger partial charge in [0.1, 0.15) is 5.82 Å². The molecule has 0 spiro atoms. The SMILES string of the molecule is Cc1cnc(N)c(C2(O)CCCC2(C)C)c1. The van der Waals surface area contributed by atoms with E-state index in [1.54, 1.807) is 6.20 Å². The highest BCUT2D eigenvalue weighted by Gasteiger charge is 2.49. The van der Waals surface area contributed by atoms with Crippen molar-refractivity contribution in [3.8, 4) is 0 Å². The van der Waals surface area contributed by atoms with Crippen molar-refractivity contribution in [3.63, 3.8) is 0 Å². The summed E-state index contributed by atoms with van der Waals surface area (Å²) in [5, 5.41) is 10.9. The second-order valence-corrected chi connectivity index (χ2v) is 5.54. The van der Waals surface area contributed by atoms with Crippen LogP contribution in [0.2, 0.25) is 0 Å². The Morgan fingerprint density at radius 2 is 2.06 bits per heavy atom. The lowest BCUT2D eigenvalue weighted by Crippen LogP contribution is -2.37. The molecule has 1 atom stereocenters. The number of pyridine rings is 1. The lowest BCUT2D eigenvalue weighted by atomic mass is 9.73. The molecule has 1 aromatic rings. The Hall–Kier alpha value is -1.09. The molecule has 1 saturated carbocycles. The molecule has 16 heavy (non-hydrogen) atoms. The molecular formula is C13H20N2O. The van der Waals surface area contributed by atoms with E-state index >= 15 is 0 Å². The largest absolute Gasteiger partial charge is 0.384 e. The number of nitrogens with two attached hydrogens (primary N) is 1. The quantitative estimate of drug-likeness (QED) is 0.764. The van der Waals surface area contributed by atoms with Crippen LogP contribution in [0.4, 0.5) is 5.82 Å². The summed E-state index contributed by atoms with van der Waals surface area (Å²) in [6, 6.07) is 1.97. The number of hydrogen-bond donors (Lipinski definition) is 2. The van der Waals surface area contributed by atoms with Gasteiger partial charge < -0.3 is 10.8 Å². The number of aryl methyl sites for hydroxylation is 1. The molecule has 3 nitrogen and oxygen atoms in total. The first-order chi connectivity index (χ1) is 7.37. The van der Waals surface area contributed by atoms with E-state index < -0.39 is 5.60 Å². The van der Waals surface area contributed by atoms with Crippen LogP contribution < -0.4 is 5.73 Å². The predicted octanol–water partition coefficient (Wildman–Crippen LogP) is 2.37.